The van der Waals surface area contributed by atoms with Gasteiger partial charge in [0.1, 0.15) is 6.04 Å². The van der Waals surface area contributed by atoms with Gasteiger partial charge in [-0.15, -0.1) is 0 Å². The molecule has 0 saturated carbocycles. The van der Waals surface area contributed by atoms with Gasteiger partial charge in [0.15, 0.2) is 0 Å². The van der Waals surface area contributed by atoms with E-state index in [0.29, 0.717) is 32.4 Å². The van der Waals surface area contributed by atoms with Crippen molar-refractivity contribution >= 4 is 18.0 Å². The average molecular weight is 314 g/mol. The average Bonchev–Trinajstić information content (AvgIpc) is 2.52. The lowest BCUT2D eigenvalue weighted by atomic mass is 9.97. The number of likely N-dealkylation sites (tertiary alicyclic amines) is 1. The molecule has 1 saturated heterocycles. The number of nitrogens with zero attached hydrogens (tertiary/aromatic N) is 1. The standard InChI is InChI=1S/C15H26N2O5/c1-10(2)9-12(14(19)22-4)16-15(20)17-7-5-11(6-8-17)13(18)21-3/h10-12H,5-9H2,1-4H3,(H,16,20)/t12-/m0/s1. The zero-order valence-corrected chi connectivity index (χ0v) is 13.8. The molecule has 2 amide bonds. The number of methoxy groups -OCH3 is 2. The van der Waals surface area contributed by atoms with E-state index in [2.05, 4.69) is 5.32 Å². The van der Waals surface area contributed by atoms with Crippen molar-refractivity contribution in [3.63, 3.8) is 0 Å². The number of carbonyl (C=O) groups excluding carboxylic acids is 3. The van der Waals surface area contributed by atoms with Crippen molar-refractivity contribution in [3.05, 3.63) is 0 Å². The van der Waals surface area contributed by atoms with Crippen LogP contribution in [0.2, 0.25) is 0 Å². The third kappa shape index (κ3) is 5.20. The number of amides is 2. The van der Waals surface area contributed by atoms with Crippen molar-refractivity contribution in [2.24, 2.45) is 11.8 Å². The van der Waals surface area contributed by atoms with E-state index in [0.717, 1.165) is 0 Å². The fourth-order valence-corrected chi connectivity index (χ4v) is 2.55. The molecule has 0 aromatic carbocycles. The van der Waals surface area contributed by atoms with Gasteiger partial charge in [-0.1, -0.05) is 13.8 Å². The Kier molecular flexibility index (Phi) is 7.14. The van der Waals surface area contributed by atoms with Gasteiger partial charge in [0, 0.05) is 13.1 Å². The molecule has 1 aliphatic heterocycles. The molecule has 0 bridgehead atoms. The Morgan fingerprint density at radius 1 is 1.14 bits per heavy atom. The van der Waals surface area contributed by atoms with Gasteiger partial charge in [-0.3, -0.25) is 4.79 Å². The number of nitrogens with one attached hydrogen (secondary N) is 1. The predicted molar refractivity (Wildman–Crippen MR) is 80.1 cm³/mol. The molecule has 126 valence electrons. The van der Waals surface area contributed by atoms with E-state index in [1.807, 2.05) is 13.8 Å². The molecule has 7 nitrogen and oxygen atoms in total. The normalized spacial score (nSPS) is 17.0. The highest BCUT2D eigenvalue weighted by molar-refractivity contribution is 5.83. The lowest BCUT2D eigenvalue weighted by Crippen LogP contribution is -2.51. The lowest BCUT2D eigenvalue weighted by molar-refractivity contribution is -0.146. The molecule has 1 aliphatic rings. The minimum Gasteiger partial charge on any atom is -0.469 e. The van der Waals surface area contributed by atoms with Crippen molar-refractivity contribution in [3.8, 4) is 0 Å². The number of piperidine rings is 1. The first kappa shape index (κ1) is 18.3. The van der Waals surface area contributed by atoms with Crippen LogP contribution in [-0.4, -0.2) is 56.2 Å². The van der Waals surface area contributed by atoms with E-state index in [-0.39, 0.29) is 23.8 Å². The highest BCUT2D eigenvalue weighted by Gasteiger charge is 2.30. The van der Waals surface area contributed by atoms with E-state index >= 15 is 0 Å². The quantitative estimate of drug-likeness (QED) is 0.770. The van der Waals surface area contributed by atoms with Gasteiger partial charge in [0.2, 0.25) is 0 Å². The summed E-state index contributed by atoms with van der Waals surface area (Å²) in [5.41, 5.74) is 0. The van der Waals surface area contributed by atoms with E-state index in [1.165, 1.54) is 14.2 Å². The summed E-state index contributed by atoms with van der Waals surface area (Å²) in [6, 6.07) is -0.935. The van der Waals surface area contributed by atoms with Crippen molar-refractivity contribution in [2.75, 3.05) is 27.3 Å². The molecule has 1 N–H and O–H groups in total. The van der Waals surface area contributed by atoms with E-state index < -0.39 is 12.0 Å². The van der Waals surface area contributed by atoms with Crippen molar-refractivity contribution in [1.82, 2.24) is 10.2 Å². The summed E-state index contributed by atoms with van der Waals surface area (Å²) in [4.78, 5) is 37.1. The van der Waals surface area contributed by atoms with E-state index in [4.69, 9.17) is 9.47 Å². The van der Waals surface area contributed by atoms with Crippen molar-refractivity contribution in [2.45, 2.75) is 39.2 Å². The van der Waals surface area contributed by atoms with Gasteiger partial charge in [-0.25, -0.2) is 9.59 Å². The Morgan fingerprint density at radius 3 is 2.18 bits per heavy atom. The highest BCUT2D eigenvalue weighted by atomic mass is 16.5. The van der Waals surface area contributed by atoms with Crippen LogP contribution in [0.5, 0.6) is 0 Å². The number of urea groups is 1. The summed E-state index contributed by atoms with van der Waals surface area (Å²) in [5.74, 6) is -0.561. The van der Waals surface area contributed by atoms with Crippen LogP contribution >= 0.6 is 0 Å². The van der Waals surface area contributed by atoms with Gasteiger partial charge < -0.3 is 19.7 Å². The SMILES string of the molecule is COC(=O)C1CCN(C(=O)N[C@@H](CC(C)C)C(=O)OC)CC1. The predicted octanol–water partition coefficient (Wildman–Crippen LogP) is 1.17. The van der Waals surface area contributed by atoms with Crippen molar-refractivity contribution in [1.29, 1.82) is 0 Å². The number of ether oxygens (including phenoxy) is 2. The Balaban J connectivity index is 2.53. The van der Waals surface area contributed by atoms with Gasteiger partial charge in [-0.2, -0.15) is 0 Å². The maximum Gasteiger partial charge on any atom is 0.328 e. The molecule has 1 heterocycles. The van der Waals surface area contributed by atoms with Crippen LogP contribution in [-0.2, 0) is 19.1 Å². The zero-order valence-electron chi connectivity index (χ0n) is 13.8. The van der Waals surface area contributed by atoms with Crippen LogP contribution in [0, 0.1) is 11.8 Å². The molecule has 0 unspecified atom stereocenters. The fourth-order valence-electron chi connectivity index (χ4n) is 2.55. The van der Waals surface area contributed by atoms with Gasteiger partial charge in [-0.05, 0) is 25.2 Å². The number of hydrogen-bond acceptors (Lipinski definition) is 5. The zero-order chi connectivity index (χ0) is 16.7. The molecular weight excluding hydrogens is 288 g/mol. The molecule has 0 radical (unpaired) electrons. The Morgan fingerprint density at radius 2 is 1.73 bits per heavy atom. The molecule has 7 heteroatoms. The lowest BCUT2D eigenvalue weighted by Gasteiger charge is -2.32. The monoisotopic (exact) mass is 314 g/mol. The Labute approximate surface area is 131 Å². The molecule has 22 heavy (non-hydrogen) atoms. The van der Waals surface area contributed by atoms with Crippen LogP contribution < -0.4 is 5.32 Å². The molecule has 0 aromatic rings. The van der Waals surface area contributed by atoms with Crippen molar-refractivity contribution < 1.29 is 23.9 Å². The van der Waals surface area contributed by atoms with Crippen LogP contribution in [0.25, 0.3) is 0 Å². The topological polar surface area (TPSA) is 84.9 Å². The van der Waals surface area contributed by atoms with Crippen LogP contribution in [0.4, 0.5) is 4.79 Å². The minimum atomic E-state index is -0.643. The summed E-state index contributed by atoms with van der Waals surface area (Å²) in [7, 11) is 2.68. The Hall–Kier alpha value is -1.79. The fraction of sp³-hybridized carbons (Fsp3) is 0.800. The Bertz CT molecular complexity index is 403. The molecule has 1 rings (SSSR count). The van der Waals surface area contributed by atoms with Crippen LogP contribution in [0.3, 0.4) is 0 Å². The number of hydrogen-bond donors (Lipinski definition) is 1. The van der Waals surface area contributed by atoms with Gasteiger partial charge in [0.25, 0.3) is 0 Å². The number of carbonyl (C=O) groups is 3. The maximum absolute atomic E-state index is 12.2. The number of esters is 2. The molecular formula is C15H26N2O5. The third-order valence-electron chi connectivity index (χ3n) is 3.81. The first-order valence-electron chi connectivity index (χ1n) is 7.60. The highest BCUT2D eigenvalue weighted by Crippen LogP contribution is 2.18. The largest absolute Gasteiger partial charge is 0.469 e. The van der Waals surface area contributed by atoms with E-state index in [9.17, 15) is 14.4 Å². The minimum absolute atomic E-state index is 0.152. The van der Waals surface area contributed by atoms with Gasteiger partial charge >= 0.3 is 18.0 Å². The first-order valence-corrected chi connectivity index (χ1v) is 7.60. The molecule has 1 atom stereocenters. The van der Waals surface area contributed by atoms with Gasteiger partial charge in [0.05, 0.1) is 20.1 Å². The molecule has 0 aliphatic carbocycles. The van der Waals surface area contributed by atoms with E-state index in [1.54, 1.807) is 4.90 Å². The second-order valence-electron chi connectivity index (χ2n) is 5.94. The first-order chi connectivity index (χ1) is 10.4. The smallest absolute Gasteiger partial charge is 0.328 e. The summed E-state index contributed by atoms with van der Waals surface area (Å²) >= 11 is 0. The second-order valence-corrected chi connectivity index (χ2v) is 5.94. The molecule has 1 fully saturated rings. The number of rotatable bonds is 5. The third-order valence-corrected chi connectivity index (χ3v) is 3.81. The summed E-state index contributed by atoms with van der Waals surface area (Å²) in [5, 5.41) is 2.72. The summed E-state index contributed by atoms with van der Waals surface area (Å²) < 4.78 is 9.45. The molecule has 0 spiro atoms. The second kappa shape index (κ2) is 8.60. The summed E-state index contributed by atoms with van der Waals surface area (Å²) in [6.45, 7) is 4.90. The van der Waals surface area contributed by atoms with Crippen LogP contribution in [0.15, 0.2) is 0 Å². The maximum atomic E-state index is 12.2. The van der Waals surface area contributed by atoms with Crippen LogP contribution in [0.1, 0.15) is 33.1 Å². The molecule has 0 aromatic heterocycles. The summed E-state index contributed by atoms with van der Waals surface area (Å²) in [6.07, 6.45) is 1.68.